The summed E-state index contributed by atoms with van der Waals surface area (Å²) in [7, 11) is 0. The molecule has 0 fully saturated rings. The topological polar surface area (TPSA) is 107 Å². The molecule has 0 aliphatic carbocycles. The molecule has 1 unspecified atom stereocenters. The van der Waals surface area contributed by atoms with Gasteiger partial charge in [-0.2, -0.15) is 5.26 Å². The van der Waals surface area contributed by atoms with Gasteiger partial charge in [0.25, 0.3) is 5.91 Å². The second kappa shape index (κ2) is 8.10. The molecule has 1 aliphatic rings. The van der Waals surface area contributed by atoms with Crippen molar-refractivity contribution in [3.05, 3.63) is 48.0 Å². The maximum atomic E-state index is 12.2. The molecule has 0 radical (unpaired) electrons. The molecule has 2 aromatic rings. The maximum Gasteiger partial charge on any atom is 0.344 e. The fraction of sp³-hybridized carbons (Fsp3) is 0.211. The summed E-state index contributed by atoms with van der Waals surface area (Å²) in [6.07, 6.45) is -1.01. The molecule has 0 saturated heterocycles. The van der Waals surface area contributed by atoms with Crippen molar-refractivity contribution in [1.29, 1.82) is 5.26 Å². The van der Waals surface area contributed by atoms with Gasteiger partial charge in [0.2, 0.25) is 6.79 Å². The van der Waals surface area contributed by atoms with Crippen molar-refractivity contribution in [3.8, 4) is 23.3 Å². The van der Waals surface area contributed by atoms with Crippen LogP contribution in [0.1, 0.15) is 12.5 Å². The predicted molar refractivity (Wildman–Crippen MR) is 93.4 cm³/mol. The van der Waals surface area contributed by atoms with Crippen LogP contribution in [0.5, 0.6) is 17.2 Å². The Bertz CT molecular complexity index is 888. The van der Waals surface area contributed by atoms with Crippen LogP contribution in [-0.4, -0.2) is 31.4 Å². The van der Waals surface area contributed by atoms with Crippen LogP contribution in [0.4, 0.5) is 5.69 Å². The quantitative estimate of drug-likeness (QED) is 0.779. The van der Waals surface area contributed by atoms with E-state index in [0.717, 1.165) is 0 Å². The molecule has 27 heavy (non-hydrogen) atoms. The minimum atomic E-state index is -1.01. The number of anilines is 1. The number of rotatable bonds is 6. The number of ether oxygens (including phenoxy) is 4. The van der Waals surface area contributed by atoms with Gasteiger partial charge in [0.1, 0.15) is 5.75 Å². The molecule has 8 nitrogen and oxygen atoms in total. The van der Waals surface area contributed by atoms with E-state index in [1.165, 1.54) is 6.92 Å². The number of amides is 1. The highest BCUT2D eigenvalue weighted by Gasteiger charge is 2.20. The highest BCUT2D eigenvalue weighted by Crippen LogP contribution is 2.34. The summed E-state index contributed by atoms with van der Waals surface area (Å²) < 4.78 is 20.8. The van der Waals surface area contributed by atoms with E-state index < -0.39 is 18.0 Å². The predicted octanol–water partition coefficient (Wildman–Crippen LogP) is 2.24. The minimum absolute atomic E-state index is 0.139. The molecular formula is C19H16N2O6. The van der Waals surface area contributed by atoms with Crippen molar-refractivity contribution in [3.63, 3.8) is 0 Å². The first-order valence-electron chi connectivity index (χ1n) is 8.08. The Morgan fingerprint density at radius 1 is 1.19 bits per heavy atom. The van der Waals surface area contributed by atoms with Gasteiger partial charge in [-0.25, -0.2) is 4.79 Å². The Kier molecular flexibility index (Phi) is 5.42. The van der Waals surface area contributed by atoms with E-state index in [9.17, 15) is 9.59 Å². The first-order valence-corrected chi connectivity index (χ1v) is 8.08. The zero-order valence-corrected chi connectivity index (χ0v) is 14.4. The fourth-order valence-corrected chi connectivity index (χ4v) is 2.27. The van der Waals surface area contributed by atoms with E-state index in [1.54, 1.807) is 42.5 Å². The lowest BCUT2D eigenvalue weighted by atomic mass is 10.2. The van der Waals surface area contributed by atoms with Crippen LogP contribution in [0.3, 0.4) is 0 Å². The molecule has 0 spiro atoms. The summed E-state index contributed by atoms with van der Waals surface area (Å²) in [5.74, 6) is 0.386. The van der Waals surface area contributed by atoms with Crippen molar-refractivity contribution < 1.29 is 28.5 Å². The van der Waals surface area contributed by atoms with Crippen LogP contribution in [0, 0.1) is 11.3 Å². The molecule has 3 rings (SSSR count). The van der Waals surface area contributed by atoms with Crippen LogP contribution in [-0.2, 0) is 14.3 Å². The number of hydrogen-bond acceptors (Lipinski definition) is 7. The van der Waals surface area contributed by atoms with Gasteiger partial charge in [0, 0.05) is 11.8 Å². The van der Waals surface area contributed by atoms with Gasteiger partial charge in [-0.1, -0.05) is 0 Å². The standard InChI is InChI=1S/C19H16N2O6/c1-12(19(23)21-14-4-7-16-17(8-14)26-11-25-16)27-18(22)10-24-15-5-2-13(9-20)3-6-15/h2-8,12H,10-11H2,1H3,(H,21,23). The number of esters is 1. The molecule has 1 heterocycles. The zero-order valence-electron chi connectivity index (χ0n) is 14.4. The minimum Gasteiger partial charge on any atom is -0.482 e. The average Bonchev–Trinajstić information content (AvgIpc) is 3.14. The first-order chi connectivity index (χ1) is 13.0. The number of carbonyl (C=O) groups excluding carboxylic acids is 2. The van der Waals surface area contributed by atoms with Gasteiger partial charge in [-0.3, -0.25) is 4.79 Å². The molecule has 8 heteroatoms. The van der Waals surface area contributed by atoms with Crippen molar-refractivity contribution in [2.24, 2.45) is 0 Å². The average molecular weight is 368 g/mol. The number of fused-ring (bicyclic) bond motifs is 1. The largest absolute Gasteiger partial charge is 0.482 e. The van der Waals surface area contributed by atoms with Crippen molar-refractivity contribution in [1.82, 2.24) is 0 Å². The van der Waals surface area contributed by atoms with E-state index >= 15 is 0 Å². The zero-order chi connectivity index (χ0) is 19.2. The molecule has 0 bridgehead atoms. The van der Waals surface area contributed by atoms with E-state index in [-0.39, 0.29) is 13.4 Å². The monoisotopic (exact) mass is 368 g/mol. The number of nitrogens with zero attached hydrogens (tertiary/aromatic N) is 1. The lowest BCUT2D eigenvalue weighted by Gasteiger charge is -2.14. The van der Waals surface area contributed by atoms with E-state index in [1.807, 2.05) is 6.07 Å². The van der Waals surface area contributed by atoms with Crippen LogP contribution in [0.15, 0.2) is 42.5 Å². The highest BCUT2D eigenvalue weighted by atomic mass is 16.7. The molecular weight excluding hydrogens is 352 g/mol. The van der Waals surface area contributed by atoms with Crippen LogP contribution >= 0.6 is 0 Å². The van der Waals surface area contributed by atoms with Crippen molar-refractivity contribution in [2.45, 2.75) is 13.0 Å². The number of nitrogens with one attached hydrogen (secondary N) is 1. The van der Waals surface area contributed by atoms with Crippen LogP contribution < -0.4 is 19.5 Å². The third-order valence-electron chi connectivity index (χ3n) is 3.66. The summed E-state index contributed by atoms with van der Waals surface area (Å²) in [5.41, 5.74) is 0.986. The summed E-state index contributed by atoms with van der Waals surface area (Å²) >= 11 is 0. The Labute approximate surface area is 155 Å². The molecule has 1 aliphatic heterocycles. The lowest BCUT2D eigenvalue weighted by molar-refractivity contribution is -0.155. The van der Waals surface area contributed by atoms with E-state index in [2.05, 4.69) is 5.32 Å². The lowest BCUT2D eigenvalue weighted by Crippen LogP contribution is -2.31. The summed E-state index contributed by atoms with van der Waals surface area (Å²) in [5, 5.41) is 11.4. The smallest absolute Gasteiger partial charge is 0.344 e. The van der Waals surface area contributed by atoms with Gasteiger partial charge in [-0.15, -0.1) is 0 Å². The molecule has 0 aromatic heterocycles. The molecule has 1 amide bonds. The maximum absolute atomic E-state index is 12.2. The first kappa shape index (κ1) is 18.1. The normalized spacial score (nSPS) is 12.6. The van der Waals surface area contributed by atoms with Crippen molar-refractivity contribution in [2.75, 3.05) is 18.7 Å². The fourth-order valence-electron chi connectivity index (χ4n) is 2.27. The molecule has 1 N–H and O–H groups in total. The number of hydrogen-bond donors (Lipinski definition) is 1. The van der Waals surface area contributed by atoms with Gasteiger partial charge in [0.15, 0.2) is 24.2 Å². The third-order valence-corrected chi connectivity index (χ3v) is 3.66. The van der Waals surface area contributed by atoms with Gasteiger partial charge in [-0.05, 0) is 43.3 Å². The van der Waals surface area contributed by atoms with Crippen LogP contribution in [0.25, 0.3) is 0 Å². The summed E-state index contributed by atoms with van der Waals surface area (Å²) in [4.78, 5) is 24.0. The van der Waals surface area contributed by atoms with E-state index in [4.69, 9.17) is 24.2 Å². The van der Waals surface area contributed by atoms with Gasteiger partial charge in [0.05, 0.1) is 11.6 Å². The summed E-state index contributed by atoms with van der Waals surface area (Å²) in [6.45, 7) is 1.25. The third kappa shape index (κ3) is 4.67. The summed E-state index contributed by atoms with van der Waals surface area (Å²) in [6, 6.07) is 13.2. The number of benzene rings is 2. The second-order valence-electron chi connectivity index (χ2n) is 5.61. The molecule has 2 aromatic carbocycles. The molecule has 0 saturated carbocycles. The Morgan fingerprint density at radius 2 is 1.93 bits per heavy atom. The Morgan fingerprint density at radius 3 is 2.67 bits per heavy atom. The SMILES string of the molecule is CC(OC(=O)COc1ccc(C#N)cc1)C(=O)Nc1ccc2c(c1)OCO2. The number of nitriles is 1. The van der Waals surface area contributed by atoms with E-state index in [0.29, 0.717) is 28.5 Å². The Hall–Kier alpha value is -3.73. The Balaban J connectivity index is 1.47. The number of carbonyl (C=O) groups is 2. The van der Waals surface area contributed by atoms with Crippen molar-refractivity contribution >= 4 is 17.6 Å². The highest BCUT2D eigenvalue weighted by molar-refractivity contribution is 5.95. The van der Waals surface area contributed by atoms with Gasteiger partial charge < -0.3 is 24.3 Å². The molecule has 138 valence electrons. The second-order valence-corrected chi connectivity index (χ2v) is 5.61. The molecule has 1 atom stereocenters. The van der Waals surface area contributed by atoms with Crippen LogP contribution in [0.2, 0.25) is 0 Å². The van der Waals surface area contributed by atoms with Gasteiger partial charge >= 0.3 is 5.97 Å².